The number of hydrogen-bond donors (Lipinski definition) is 1. The van der Waals surface area contributed by atoms with E-state index in [1.54, 1.807) is 23.1 Å². The van der Waals surface area contributed by atoms with Crippen molar-refractivity contribution in [1.82, 2.24) is 5.32 Å². The summed E-state index contributed by atoms with van der Waals surface area (Å²) in [6.07, 6.45) is 0. The van der Waals surface area contributed by atoms with Gasteiger partial charge in [-0.3, -0.25) is 9.59 Å². The fraction of sp³-hybridized carbons (Fsp3) is 0.273. The molecule has 1 aliphatic rings. The molecule has 0 aliphatic carbocycles. The van der Waals surface area contributed by atoms with E-state index in [2.05, 4.69) is 21.2 Å². The lowest BCUT2D eigenvalue weighted by molar-refractivity contribution is -0.116. The van der Waals surface area contributed by atoms with Gasteiger partial charge in [-0.15, -0.1) is 0 Å². The summed E-state index contributed by atoms with van der Waals surface area (Å²) < 4.78 is 0.854. The van der Waals surface area contributed by atoms with Crippen LogP contribution in [0.4, 0.5) is 5.69 Å². The molecule has 1 aliphatic heterocycles. The van der Waals surface area contributed by atoms with Gasteiger partial charge >= 0.3 is 0 Å². The molecule has 16 heavy (non-hydrogen) atoms. The summed E-state index contributed by atoms with van der Waals surface area (Å²) in [6, 6.07) is 5.31. The highest BCUT2D eigenvalue weighted by molar-refractivity contribution is 9.10. The summed E-state index contributed by atoms with van der Waals surface area (Å²) in [5.41, 5.74) is 1.20. The van der Waals surface area contributed by atoms with Gasteiger partial charge in [-0.1, -0.05) is 15.9 Å². The van der Waals surface area contributed by atoms with Crippen LogP contribution in [0, 0.1) is 0 Å². The van der Waals surface area contributed by atoms with Gasteiger partial charge in [0, 0.05) is 24.5 Å². The van der Waals surface area contributed by atoms with Crippen molar-refractivity contribution in [3.63, 3.8) is 0 Å². The normalized spacial score (nSPS) is 15.1. The maximum atomic E-state index is 11.7. The minimum Gasteiger partial charge on any atom is -0.350 e. The lowest BCUT2D eigenvalue weighted by atomic mass is 10.1. The molecule has 0 saturated carbocycles. The number of nitrogens with zero attached hydrogens (tertiary/aromatic N) is 1. The number of rotatable bonds is 0. The van der Waals surface area contributed by atoms with Gasteiger partial charge in [0.2, 0.25) is 5.91 Å². The van der Waals surface area contributed by atoms with Crippen LogP contribution < -0.4 is 10.2 Å². The van der Waals surface area contributed by atoms with Crippen molar-refractivity contribution >= 4 is 33.4 Å². The Morgan fingerprint density at radius 3 is 2.94 bits per heavy atom. The molecule has 84 valence electrons. The Bertz CT molecular complexity index is 459. The molecule has 0 radical (unpaired) electrons. The second-order valence-electron chi connectivity index (χ2n) is 3.59. The SMILES string of the molecule is CC(=O)N1CCNC(=O)c2ccc(Br)cc21. The Labute approximate surface area is 102 Å². The predicted octanol–water partition coefficient (Wildman–Crippen LogP) is 1.55. The number of anilines is 1. The van der Waals surface area contributed by atoms with E-state index in [1.165, 1.54) is 6.92 Å². The van der Waals surface area contributed by atoms with Crippen LogP contribution in [-0.4, -0.2) is 24.9 Å². The van der Waals surface area contributed by atoms with Crippen molar-refractivity contribution in [3.8, 4) is 0 Å². The summed E-state index contributed by atoms with van der Waals surface area (Å²) in [5, 5.41) is 2.76. The van der Waals surface area contributed by atoms with Crippen molar-refractivity contribution in [2.24, 2.45) is 0 Å². The van der Waals surface area contributed by atoms with Gasteiger partial charge in [0.1, 0.15) is 0 Å². The summed E-state index contributed by atoms with van der Waals surface area (Å²) >= 11 is 3.34. The zero-order valence-corrected chi connectivity index (χ0v) is 10.4. The van der Waals surface area contributed by atoms with E-state index in [4.69, 9.17) is 0 Å². The largest absolute Gasteiger partial charge is 0.350 e. The first-order valence-corrected chi connectivity index (χ1v) is 5.75. The van der Waals surface area contributed by atoms with Crippen LogP contribution in [-0.2, 0) is 4.79 Å². The van der Waals surface area contributed by atoms with Gasteiger partial charge in [0.05, 0.1) is 11.3 Å². The number of nitrogens with one attached hydrogen (secondary N) is 1. The van der Waals surface area contributed by atoms with E-state index in [0.717, 1.165) is 4.47 Å². The van der Waals surface area contributed by atoms with Gasteiger partial charge < -0.3 is 10.2 Å². The molecule has 0 fully saturated rings. The smallest absolute Gasteiger partial charge is 0.253 e. The molecule has 0 spiro atoms. The number of carbonyl (C=O) groups is 2. The quantitative estimate of drug-likeness (QED) is 0.785. The topological polar surface area (TPSA) is 49.4 Å². The lowest BCUT2D eigenvalue weighted by Gasteiger charge is -2.20. The van der Waals surface area contributed by atoms with Crippen molar-refractivity contribution in [2.45, 2.75) is 6.92 Å². The van der Waals surface area contributed by atoms with Crippen LogP contribution in [0.3, 0.4) is 0 Å². The standard InChI is InChI=1S/C11H11BrN2O2/c1-7(15)14-5-4-13-11(16)9-3-2-8(12)6-10(9)14/h2-3,6H,4-5H2,1H3,(H,13,16). The van der Waals surface area contributed by atoms with Crippen LogP contribution in [0.15, 0.2) is 22.7 Å². The molecule has 1 aromatic carbocycles. The highest BCUT2D eigenvalue weighted by Gasteiger charge is 2.22. The fourth-order valence-electron chi connectivity index (χ4n) is 1.74. The second kappa shape index (κ2) is 4.25. The zero-order chi connectivity index (χ0) is 11.7. The van der Waals surface area contributed by atoms with E-state index in [-0.39, 0.29) is 11.8 Å². The molecule has 5 heteroatoms. The third kappa shape index (κ3) is 1.95. The van der Waals surface area contributed by atoms with Gasteiger partial charge in [-0.25, -0.2) is 0 Å². The number of amides is 2. The van der Waals surface area contributed by atoms with Gasteiger partial charge in [-0.05, 0) is 18.2 Å². The van der Waals surface area contributed by atoms with E-state index in [0.29, 0.717) is 24.3 Å². The average Bonchev–Trinajstić information content (AvgIpc) is 2.38. The molecule has 2 rings (SSSR count). The summed E-state index contributed by atoms with van der Waals surface area (Å²) in [4.78, 5) is 24.8. The summed E-state index contributed by atoms with van der Waals surface area (Å²) in [6.45, 7) is 2.48. The minimum atomic E-state index is -0.133. The number of hydrogen-bond acceptors (Lipinski definition) is 2. The Hall–Kier alpha value is -1.36. The second-order valence-corrected chi connectivity index (χ2v) is 4.50. The minimum absolute atomic E-state index is 0.0594. The van der Waals surface area contributed by atoms with E-state index >= 15 is 0 Å². The molecule has 2 amide bonds. The highest BCUT2D eigenvalue weighted by Crippen LogP contribution is 2.26. The van der Waals surface area contributed by atoms with Crippen molar-refractivity contribution in [2.75, 3.05) is 18.0 Å². The van der Waals surface area contributed by atoms with Crippen molar-refractivity contribution < 1.29 is 9.59 Å². The van der Waals surface area contributed by atoms with Crippen molar-refractivity contribution in [3.05, 3.63) is 28.2 Å². The molecule has 0 atom stereocenters. The number of halogens is 1. The molecule has 1 heterocycles. The molecular weight excluding hydrogens is 272 g/mol. The Morgan fingerprint density at radius 1 is 1.50 bits per heavy atom. The third-order valence-electron chi connectivity index (χ3n) is 2.50. The van der Waals surface area contributed by atoms with Crippen LogP contribution in [0.1, 0.15) is 17.3 Å². The van der Waals surface area contributed by atoms with Gasteiger partial charge in [0.25, 0.3) is 5.91 Å². The molecule has 1 aromatic rings. The number of carbonyl (C=O) groups excluding carboxylic acids is 2. The third-order valence-corrected chi connectivity index (χ3v) is 2.99. The number of benzene rings is 1. The predicted molar refractivity (Wildman–Crippen MR) is 64.5 cm³/mol. The maximum absolute atomic E-state index is 11.7. The first kappa shape index (κ1) is 11.1. The highest BCUT2D eigenvalue weighted by atomic mass is 79.9. The van der Waals surface area contributed by atoms with Crippen LogP contribution in [0.5, 0.6) is 0 Å². The summed E-state index contributed by atoms with van der Waals surface area (Å²) in [5.74, 6) is -0.192. The van der Waals surface area contributed by atoms with Crippen LogP contribution in [0.2, 0.25) is 0 Å². The van der Waals surface area contributed by atoms with Crippen LogP contribution in [0.25, 0.3) is 0 Å². The molecule has 0 saturated heterocycles. The maximum Gasteiger partial charge on any atom is 0.253 e. The van der Waals surface area contributed by atoms with Gasteiger partial charge in [-0.2, -0.15) is 0 Å². The first-order chi connectivity index (χ1) is 7.59. The molecule has 0 bridgehead atoms. The monoisotopic (exact) mass is 282 g/mol. The van der Waals surface area contributed by atoms with E-state index in [1.807, 2.05) is 0 Å². The van der Waals surface area contributed by atoms with E-state index in [9.17, 15) is 9.59 Å². The molecule has 4 nitrogen and oxygen atoms in total. The van der Waals surface area contributed by atoms with Gasteiger partial charge in [0.15, 0.2) is 0 Å². The Kier molecular flexibility index (Phi) is 2.96. The molecule has 0 aromatic heterocycles. The zero-order valence-electron chi connectivity index (χ0n) is 8.79. The Balaban J connectivity index is 2.57. The van der Waals surface area contributed by atoms with E-state index < -0.39 is 0 Å². The number of fused-ring (bicyclic) bond motifs is 1. The summed E-state index contributed by atoms with van der Waals surface area (Å²) in [7, 11) is 0. The molecule has 0 unspecified atom stereocenters. The fourth-order valence-corrected chi connectivity index (χ4v) is 2.09. The molecular formula is C11H11BrN2O2. The first-order valence-electron chi connectivity index (χ1n) is 4.95. The average molecular weight is 283 g/mol. The Morgan fingerprint density at radius 2 is 2.25 bits per heavy atom. The van der Waals surface area contributed by atoms with Crippen LogP contribution >= 0.6 is 15.9 Å². The lowest BCUT2D eigenvalue weighted by Crippen LogP contribution is -2.33. The molecule has 1 N–H and O–H groups in total. The van der Waals surface area contributed by atoms with Crippen molar-refractivity contribution in [1.29, 1.82) is 0 Å².